The third kappa shape index (κ3) is 4.04. The molecule has 2 nitrogen and oxygen atoms in total. The molecule has 114 valence electrons. The van der Waals surface area contributed by atoms with E-state index in [0.717, 1.165) is 30.1 Å². The van der Waals surface area contributed by atoms with E-state index < -0.39 is 11.7 Å². The van der Waals surface area contributed by atoms with Gasteiger partial charge in [-0.3, -0.25) is 4.98 Å². The van der Waals surface area contributed by atoms with Crippen LogP contribution in [0.1, 0.15) is 40.4 Å². The van der Waals surface area contributed by atoms with Crippen molar-refractivity contribution in [1.29, 1.82) is 0 Å². The van der Waals surface area contributed by atoms with Crippen LogP contribution in [-0.2, 0) is 6.18 Å². The van der Waals surface area contributed by atoms with Gasteiger partial charge >= 0.3 is 6.18 Å². The van der Waals surface area contributed by atoms with Crippen molar-refractivity contribution in [2.75, 3.05) is 6.54 Å². The highest BCUT2D eigenvalue weighted by Crippen LogP contribution is 2.31. The van der Waals surface area contributed by atoms with Crippen LogP contribution >= 0.6 is 11.3 Å². The van der Waals surface area contributed by atoms with Gasteiger partial charge in [-0.25, -0.2) is 0 Å². The van der Waals surface area contributed by atoms with Crippen molar-refractivity contribution in [1.82, 2.24) is 10.3 Å². The summed E-state index contributed by atoms with van der Waals surface area (Å²) in [5.74, 6) is 0. The fourth-order valence-corrected chi connectivity index (χ4v) is 2.96. The molecular formula is C15H17F3N2S. The van der Waals surface area contributed by atoms with E-state index in [2.05, 4.69) is 10.3 Å². The highest BCUT2D eigenvalue weighted by molar-refractivity contribution is 7.12. The summed E-state index contributed by atoms with van der Waals surface area (Å²) in [6.45, 7) is 4.83. The Balaban J connectivity index is 2.28. The summed E-state index contributed by atoms with van der Waals surface area (Å²) in [6, 6.07) is 6.37. The van der Waals surface area contributed by atoms with Crippen LogP contribution < -0.4 is 5.32 Å². The van der Waals surface area contributed by atoms with E-state index in [-0.39, 0.29) is 6.04 Å². The molecule has 1 N–H and O–H groups in total. The molecule has 21 heavy (non-hydrogen) atoms. The number of hydrogen-bond acceptors (Lipinski definition) is 3. The summed E-state index contributed by atoms with van der Waals surface area (Å²) in [5, 5.41) is 3.34. The first-order valence-electron chi connectivity index (χ1n) is 6.74. The van der Waals surface area contributed by atoms with E-state index in [1.54, 1.807) is 11.3 Å². The van der Waals surface area contributed by atoms with Crippen LogP contribution in [0.15, 0.2) is 30.5 Å². The van der Waals surface area contributed by atoms with Gasteiger partial charge in [-0.05, 0) is 44.2 Å². The number of rotatable bonds is 5. The number of nitrogens with zero attached hydrogens (tertiary/aromatic N) is 1. The van der Waals surface area contributed by atoms with Crippen LogP contribution in [0.4, 0.5) is 13.2 Å². The Morgan fingerprint density at radius 3 is 2.48 bits per heavy atom. The maximum atomic E-state index is 12.6. The topological polar surface area (TPSA) is 24.9 Å². The average Bonchev–Trinajstić information content (AvgIpc) is 2.85. The number of pyridine rings is 1. The molecule has 2 aromatic heterocycles. The van der Waals surface area contributed by atoms with E-state index in [9.17, 15) is 13.2 Å². The molecule has 0 aromatic carbocycles. The number of aryl methyl sites for hydroxylation is 1. The van der Waals surface area contributed by atoms with Gasteiger partial charge in [-0.15, -0.1) is 11.3 Å². The Morgan fingerprint density at radius 2 is 2.00 bits per heavy atom. The summed E-state index contributed by atoms with van der Waals surface area (Å²) in [4.78, 5) is 6.24. The smallest absolute Gasteiger partial charge is 0.304 e. The molecule has 0 saturated heterocycles. The molecule has 0 spiro atoms. The van der Waals surface area contributed by atoms with Crippen molar-refractivity contribution in [3.8, 4) is 0 Å². The molecule has 2 rings (SSSR count). The first-order valence-corrected chi connectivity index (χ1v) is 7.56. The van der Waals surface area contributed by atoms with Crippen molar-refractivity contribution >= 4 is 11.3 Å². The molecule has 2 heterocycles. The molecule has 1 atom stereocenters. The third-order valence-corrected chi connectivity index (χ3v) is 4.12. The number of alkyl halides is 3. The maximum absolute atomic E-state index is 12.6. The largest absolute Gasteiger partial charge is 0.417 e. The van der Waals surface area contributed by atoms with Gasteiger partial charge in [0.2, 0.25) is 0 Å². The van der Waals surface area contributed by atoms with Gasteiger partial charge in [0, 0.05) is 16.0 Å². The van der Waals surface area contributed by atoms with Crippen molar-refractivity contribution in [2.45, 2.75) is 32.5 Å². The first-order chi connectivity index (χ1) is 9.91. The minimum Gasteiger partial charge on any atom is -0.304 e. The van der Waals surface area contributed by atoms with Crippen LogP contribution in [0.5, 0.6) is 0 Å². The van der Waals surface area contributed by atoms with E-state index in [4.69, 9.17) is 0 Å². The minimum absolute atomic E-state index is 0.161. The molecule has 0 bridgehead atoms. The Labute approximate surface area is 126 Å². The van der Waals surface area contributed by atoms with Crippen molar-refractivity contribution in [3.63, 3.8) is 0 Å². The van der Waals surface area contributed by atoms with Gasteiger partial charge in [-0.1, -0.05) is 6.92 Å². The predicted octanol–water partition coefficient (Wildman–Crippen LogP) is 4.56. The standard InChI is InChI=1S/C15H17F3N2S/c1-3-8-19-14(13-7-4-10(2)21-13)12-6-5-11(9-20-12)15(16,17)18/h4-7,9,14,19H,3,8H2,1-2H3. The fourth-order valence-electron chi connectivity index (χ4n) is 1.99. The van der Waals surface area contributed by atoms with Crippen molar-refractivity contribution in [3.05, 3.63) is 51.5 Å². The number of hydrogen-bond donors (Lipinski definition) is 1. The summed E-state index contributed by atoms with van der Waals surface area (Å²) in [5.41, 5.74) is -0.110. The number of halogens is 3. The lowest BCUT2D eigenvalue weighted by molar-refractivity contribution is -0.137. The zero-order valence-electron chi connectivity index (χ0n) is 11.9. The molecule has 0 amide bonds. The second kappa shape index (κ2) is 6.58. The molecule has 0 aliphatic carbocycles. The third-order valence-electron chi connectivity index (χ3n) is 3.05. The Bertz CT molecular complexity index is 575. The fraction of sp³-hybridized carbons (Fsp3) is 0.400. The maximum Gasteiger partial charge on any atom is 0.417 e. The van der Waals surface area contributed by atoms with E-state index in [1.807, 2.05) is 26.0 Å². The first kappa shape index (κ1) is 16.0. The Hall–Kier alpha value is -1.40. The monoisotopic (exact) mass is 314 g/mol. The van der Waals surface area contributed by atoms with Gasteiger partial charge in [0.1, 0.15) is 0 Å². The van der Waals surface area contributed by atoms with E-state index in [0.29, 0.717) is 5.69 Å². The van der Waals surface area contributed by atoms with Crippen molar-refractivity contribution < 1.29 is 13.2 Å². The summed E-state index contributed by atoms with van der Waals surface area (Å²) in [7, 11) is 0. The van der Waals surface area contributed by atoms with Crippen LogP contribution in [-0.4, -0.2) is 11.5 Å². The summed E-state index contributed by atoms with van der Waals surface area (Å²) in [6.07, 6.45) is -2.50. The molecule has 0 aliphatic rings. The molecule has 0 fully saturated rings. The quantitative estimate of drug-likeness (QED) is 0.875. The average molecular weight is 314 g/mol. The molecule has 1 unspecified atom stereocenters. The Kier molecular flexibility index (Phi) is 5.00. The zero-order chi connectivity index (χ0) is 15.5. The highest BCUT2D eigenvalue weighted by Gasteiger charge is 2.31. The lowest BCUT2D eigenvalue weighted by atomic mass is 10.1. The summed E-state index contributed by atoms with van der Waals surface area (Å²) < 4.78 is 37.8. The van der Waals surface area contributed by atoms with Crippen LogP contribution in [0.2, 0.25) is 0 Å². The van der Waals surface area contributed by atoms with Gasteiger partial charge in [0.05, 0.1) is 17.3 Å². The summed E-state index contributed by atoms with van der Waals surface area (Å²) >= 11 is 1.63. The second-order valence-corrected chi connectivity index (χ2v) is 6.12. The Morgan fingerprint density at radius 1 is 1.24 bits per heavy atom. The van der Waals surface area contributed by atoms with Crippen LogP contribution in [0, 0.1) is 6.92 Å². The van der Waals surface area contributed by atoms with E-state index >= 15 is 0 Å². The van der Waals surface area contributed by atoms with Crippen LogP contribution in [0.3, 0.4) is 0 Å². The predicted molar refractivity (Wildman–Crippen MR) is 78.4 cm³/mol. The number of thiophene rings is 1. The zero-order valence-corrected chi connectivity index (χ0v) is 12.7. The molecule has 0 radical (unpaired) electrons. The van der Waals surface area contributed by atoms with Crippen LogP contribution in [0.25, 0.3) is 0 Å². The van der Waals surface area contributed by atoms with Gasteiger partial charge in [0.25, 0.3) is 0 Å². The van der Waals surface area contributed by atoms with E-state index in [1.165, 1.54) is 10.9 Å². The van der Waals surface area contributed by atoms with Gasteiger partial charge in [-0.2, -0.15) is 13.2 Å². The lowest BCUT2D eigenvalue weighted by Crippen LogP contribution is -2.23. The number of nitrogens with one attached hydrogen (secondary N) is 1. The minimum atomic E-state index is -4.35. The molecule has 2 aromatic rings. The van der Waals surface area contributed by atoms with Gasteiger partial charge < -0.3 is 5.32 Å². The lowest BCUT2D eigenvalue weighted by Gasteiger charge is -2.17. The molecule has 0 aliphatic heterocycles. The number of aromatic nitrogens is 1. The second-order valence-electron chi connectivity index (χ2n) is 4.81. The van der Waals surface area contributed by atoms with Crippen molar-refractivity contribution in [2.24, 2.45) is 0 Å². The van der Waals surface area contributed by atoms with Gasteiger partial charge in [0.15, 0.2) is 0 Å². The molecule has 6 heteroatoms. The SMILES string of the molecule is CCCNC(c1ccc(C(F)(F)F)cn1)c1ccc(C)s1. The molecule has 0 saturated carbocycles. The normalized spacial score (nSPS) is 13.4. The molecular weight excluding hydrogens is 297 g/mol. The highest BCUT2D eigenvalue weighted by atomic mass is 32.1.